The van der Waals surface area contributed by atoms with Gasteiger partial charge in [-0.15, -0.1) is 0 Å². The van der Waals surface area contributed by atoms with E-state index in [2.05, 4.69) is 15.8 Å². The molecule has 0 atom stereocenters. The van der Waals surface area contributed by atoms with Gasteiger partial charge < -0.3 is 9.73 Å². The lowest BCUT2D eigenvalue weighted by molar-refractivity contribution is -0.136. The van der Waals surface area contributed by atoms with Crippen molar-refractivity contribution in [2.24, 2.45) is 5.10 Å². The summed E-state index contributed by atoms with van der Waals surface area (Å²) in [7, 11) is 0. The molecule has 1 heterocycles. The summed E-state index contributed by atoms with van der Waals surface area (Å²) in [4.78, 5) is 36.2. The van der Waals surface area contributed by atoms with E-state index in [4.69, 9.17) is 27.6 Å². The lowest BCUT2D eigenvalue weighted by Crippen LogP contribution is -2.32. The number of nitrogens with one attached hydrogen (secondary N) is 2. The molecule has 0 aliphatic heterocycles. The Morgan fingerprint density at radius 1 is 1.14 bits per heavy atom. The minimum atomic E-state index is -1.01. The van der Waals surface area contributed by atoms with Gasteiger partial charge in [0.25, 0.3) is 0 Å². The molecule has 1 aromatic heterocycles. The second-order valence-electron chi connectivity index (χ2n) is 5.73. The topological polar surface area (TPSA) is 101 Å². The number of rotatable bonds is 3. The second-order valence-corrected chi connectivity index (χ2v) is 6.57. The minimum absolute atomic E-state index is 0.0844. The van der Waals surface area contributed by atoms with Gasteiger partial charge in [-0.3, -0.25) is 14.4 Å². The third-order valence-corrected chi connectivity index (χ3v) is 4.50. The molecule has 2 aromatic carbocycles. The molecule has 3 aromatic rings. The molecule has 0 saturated carbocycles. The maximum Gasteiger partial charge on any atom is 0.329 e. The van der Waals surface area contributed by atoms with Crippen LogP contribution in [0.4, 0.5) is 5.69 Å². The van der Waals surface area contributed by atoms with E-state index >= 15 is 0 Å². The van der Waals surface area contributed by atoms with Gasteiger partial charge in [-0.05, 0) is 42.8 Å². The lowest BCUT2D eigenvalue weighted by Gasteiger charge is -2.08. The number of anilines is 1. The van der Waals surface area contributed by atoms with Crippen molar-refractivity contribution in [1.82, 2.24) is 5.43 Å². The van der Waals surface area contributed by atoms with Crippen LogP contribution in [0.15, 0.2) is 57.0 Å². The Labute approximate surface area is 168 Å². The number of benzene rings is 2. The summed E-state index contributed by atoms with van der Waals surface area (Å²) >= 11 is 11.9. The summed E-state index contributed by atoms with van der Waals surface area (Å²) in [6.07, 6.45) is 2.28. The van der Waals surface area contributed by atoms with Crippen LogP contribution in [-0.4, -0.2) is 18.0 Å². The van der Waals surface area contributed by atoms with Gasteiger partial charge in [0.1, 0.15) is 11.8 Å². The van der Waals surface area contributed by atoms with E-state index < -0.39 is 11.8 Å². The smallest absolute Gasteiger partial charge is 0.329 e. The first-order chi connectivity index (χ1) is 13.4. The lowest BCUT2D eigenvalue weighted by atomic mass is 10.2. The highest BCUT2D eigenvalue weighted by atomic mass is 35.5. The van der Waals surface area contributed by atoms with Crippen LogP contribution in [0.25, 0.3) is 11.0 Å². The average Bonchev–Trinajstić information content (AvgIpc) is 2.67. The van der Waals surface area contributed by atoms with Gasteiger partial charge in [0, 0.05) is 15.7 Å². The van der Waals surface area contributed by atoms with Crippen molar-refractivity contribution in [3.8, 4) is 0 Å². The number of hydrogen-bond acceptors (Lipinski definition) is 5. The first-order valence-electron chi connectivity index (χ1n) is 7.97. The normalized spacial score (nSPS) is 11.0. The van der Waals surface area contributed by atoms with Gasteiger partial charge in [-0.1, -0.05) is 29.3 Å². The van der Waals surface area contributed by atoms with E-state index in [1.54, 1.807) is 37.3 Å². The predicted octanol–water partition coefficient (Wildman–Crippen LogP) is 3.50. The number of hydrogen-bond donors (Lipinski definition) is 2. The van der Waals surface area contributed by atoms with Crippen molar-refractivity contribution in [1.29, 1.82) is 0 Å². The van der Waals surface area contributed by atoms with Gasteiger partial charge in [-0.25, -0.2) is 5.43 Å². The molecule has 0 unspecified atom stereocenters. The minimum Gasteiger partial charge on any atom is -0.463 e. The number of halogens is 2. The number of carbonyl (C=O) groups excluding carboxylic acids is 2. The fourth-order valence-electron chi connectivity index (χ4n) is 2.34. The molecule has 0 radical (unpaired) electrons. The Bertz CT molecular complexity index is 1170. The third-order valence-electron chi connectivity index (χ3n) is 3.85. The van der Waals surface area contributed by atoms with Gasteiger partial charge in [-0.2, -0.15) is 5.10 Å². The van der Waals surface area contributed by atoms with Crippen LogP contribution < -0.4 is 16.2 Å². The molecule has 2 N–H and O–H groups in total. The Balaban J connectivity index is 1.70. The molecule has 0 aliphatic carbocycles. The first-order valence-corrected chi connectivity index (χ1v) is 8.73. The van der Waals surface area contributed by atoms with E-state index in [-0.39, 0.29) is 16.4 Å². The summed E-state index contributed by atoms with van der Waals surface area (Å²) in [6.45, 7) is 1.71. The molecule has 0 spiro atoms. The van der Waals surface area contributed by atoms with Crippen molar-refractivity contribution < 1.29 is 14.0 Å². The number of fused-ring (bicyclic) bond motifs is 1. The molecule has 0 bridgehead atoms. The first kappa shape index (κ1) is 19.6. The molecule has 0 aliphatic rings. The largest absolute Gasteiger partial charge is 0.463 e. The molecular formula is C19H13Cl2N3O4. The molecule has 3 rings (SSSR count). The van der Waals surface area contributed by atoms with Crippen LogP contribution in [-0.2, 0) is 9.59 Å². The number of carbonyl (C=O) groups is 2. The quantitative estimate of drug-likeness (QED) is 0.386. The molecule has 9 heteroatoms. The zero-order valence-electron chi connectivity index (χ0n) is 14.5. The third kappa shape index (κ3) is 4.21. The molecule has 0 saturated heterocycles. The Morgan fingerprint density at radius 3 is 2.71 bits per heavy atom. The van der Waals surface area contributed by atoms with Crippen LogP contribution in [0.5, 0.6) is 0 Å². The molecule has 28 heavy (non-hydrogen) atoms. The van der Waals surface area contributed by atoms with Crippen LogP contribution in [0.1, 0.15) is 11.1 Å². The summed E-state index contributed by atoms with van der Waals surface area (Å²) in [5.41, 5.74) is 3.16. The summed E-state index contributed by atoms with van der Waals surface area (Å²) in [5, 5.41) is 7.18. The van der Waals surface area contributed by atoms with Gasteiger partial charge in [0.05, 0.1) is 17.2 Å². The zero-order valence-corrected chi connectivity index (χ0v) is 16.0. The van der Waals surface area contributed by atoms with Crippen molar-refractivity contribution >= 4 is 57.9 Å². The van der Waals surface area contributed by atoms with Gasteiger partial charge >= 0.3 is 11.8 Å². The Hall–Kier alpha value is -3.16. The van der Waals surface area contributed by atoms with Gasteiger partial charge in [0.15, 0.2) is 0 Å². The SMILES string of the molecule is Cc1c(Cl)cccc1NC(=O)C(=O)N/N=C/c1coc2ccc(Cl)cc2c1=O. The summed E-state index contributed by atoms with van der Waals surface area (Å²) in [5.74, 6) is -1.94. The fraction of sp³-hybridized carbons (Fsp3) is 0.0526. The van der Waals surface area contributed by atoms with Crippen LogP contribution >= 0.6 is 23.2 Å². The predicted molar refractivity (Wildman–Crippen MR) is 108 cm³/mol. The fourth-order valence-corrected chi connectivity index (χ4v) is 2.69. The number of nitrogens with zero attached hydrogens (tertiary/aromatic N) is 1. The van der Waals surface area contributed by atoms with Crippen LogP contribution in [0.3, 0.4) is 0 Å². The van der Waals surface area contributed by atoms with E-state index in [0.29, 0.717) is 26.9 Å². The van der Waals surface area contributed by atoms with E-state index in [0.717, 1.165) is 6.21 Å². The zero-order chi connectivity index (χ0) is 20.3. The number of hydrazone groups is 1. The van der Waals surface area contributed by atoms with Crippen molar-refractivity contribution in [3.63, 3.8) is 0 Å². The Morgan fingerprint density at radius 2 is 1.93 bits per heavy atom. The van der Waals surface area contributed by atoms with E-state index in [9.17, 15) is 14.4 Å². The number of amides is 2. The highest BCUT2D eigenvalue weighted by Gasteiger charge is 2.15. The Kier molecular flexibility index (Phi) is 5.77. The van der Waals surface area contributed by atoms with Gasteiger partial charge in [0.2, 0.25) is 5.43 Å². The maximum absolute atomic E-state index is 12.4. The highest BCUT2D eigenvalue weighted by molar-refractivity contribution is 6.40. The summed E-state index contributed by atoms with van der Waals surface area (Å²) in [6, 6.07) is 9.57. The van der Waals surface area contributed by atoms with Crippen LogP contribution in [0, 0.1) is 6.92 Å². The monoisotopic (exact) mass is 417 g/mol. The second kappa shape index (κ2) is 8.24. The molecule has 7 nitrogen and oxygen atoms in total. The molecule has 0 fully saturated rings. The molecule has 2 amide bonds. The standard InChI is InChI=1S/C19H13Cl2N3O4/c1-10-14(21)3-2-4-15(10)23-18(26)19(27)24-22-8-11-9-28-16-6-5-12(20)7-13(16)17(11)25/h2-9H,1H3,(H,23,26)(H,24,27)/b22-8+. The van der Waals surface area contributed by atoms with E-state index in [1.165, 1.54) is 12.3 Å². The van der Waals surface area contributed by atoms with Crippen molar-refractivity contribution in [2.75, 3.05) is 5.32 Å². The van der Waals surface area contributed by atoms with Crippen molar-refractivity contribution in [2.45, 2.75) is 6.92 Å². The average molecular weight is 418 g/mol. The van der Waals surface area contributed by atoms with Crippen LogP contribution in [0.2, 0.25) is 10.0 Å². The molecular weight excluding hydrogens is 405 g/mol. The maximum atomic E-state index is 12.4. The van der Waals surface area contributed by atoms with Crippen molar-refractivity contribution in [3.05, 3.63) is 74.1 Å². The molecule has 142 valence electrons. The van der Waals surface area contributed by atoms with E-state index in [1.807, 2.05) is 0 Å². The highest BCUT2D eigenvalue weighted by Crippen LogP contribution is 2.22. The summed E-state index contributed by atoms with van der Waals surface area (Å²) < 4.78 is 5.33.